The van der Waals surface area contributed by atoms with Gasteiger partial charge in [0.2, 0.25) is 0 Å². The molecule has 1 rings (SSSR count). The van der Waals surface area contributed by atoms with E-state index in [0.29, 0.717) is 18.7 Å². The van der Waals surface area contributed by atoms with Crippen LogP contribution in [0.4, 0.5) is 0 Å². The fourth-order valence-electron chi connectivity index (χ4n) is 1.15. The van der Waals surface area contributed by atoms with Crippen molar-refractivity contribution in [2.75, 3.05) is 6.61 Å². The Morgan fingerprint density at radius 3 is 3.07 bits per heavy atom. The first-order valence-electron chi connectivity index (χ1n) is 4.16. The molecule has 0 aliphatic heterocycles. The van der Waals surface area contributed by atoms with Crippen molar-refractivity contribution in [3.8, 4) is 0 Å². The van der Waals surface area contributed by atoms with E-state index in [9.17, 15) is 4.79 Å². The Morgan fingerprint density at radius 2 is 2.50 bits per heavy atom. The molecule has 0 spiro atoms. The highest BCUT2D eigenvalue weighted by atomic mass is 79.9. The maximum absolute atomic E-state index is 11.1. The molecule has 1 aromatic heterocycles. The maximum atomic E-state index is 11.1. The van der Waals surface area contributed by atoms with Crippen molar-refractivity contribution in [1.82, 2.24) is 9.55 Å². The molecule has 0 fully saturated rings. The lowest BCUT2D eigenvalue weighted by Gasteiger charge is -2.02. The first kappa shape index (κ1) is 11.2. The van der Waals surface area contributed by atoms with Gasteiger partial charge in [-0.2, -0.15) is 0 Å². The summed E-state index contributed by atoms with van der Waals surface area (Å²) in [6.07, 6.45) is 2.20. The fourth-order valence-corrected chi connectivity index (χ4v) is 1.30. The molecule has 0 radical (unpaired) electrons. The van der Waals surface area contributed by atoms with E-state index < -0.39 is 5.97 Å². The van der Waals surface area contributed by atoms with E-state index in [1.165, 1.54) is 0 Å². The molecule has 0 bridgehead atoms. The molecule has 78 valence electrons. The fraction of sp³-hybridized carbons (Fsp3) is 0.500. The van der Waals surface area contributed by atoms with Crippen LogP contribution in [0.5, 0.6) is 0 Å². The van der Waals surface area contributed by atoms with Crippen LogP contribution in [0.25, 0.3) is 0 Å². The lowest BCUT2D eigenvalue weighted by atomic mass is 10.3. The highest BCUT2D eigenvalue weighted by Crippen LogP contribution is 2.09. The highest BCUT2D eigenvalue weighted by molar-refractivity contribution is 9.06. The lowest BCUT2D eigenvalue weighted by Crippen LogP contribution is -2.05. The summed E-state index contributed by atoms with van der Waals surface area (Å²) in [5.41, 5.74) is 1.03. The second-order valence-corrected chi connectivity index (χ2v) is 3.14. The minimum Gasteiger partial charge on any atom is -0.396 e. The number of aromatic nitrogens is 2. The lowest BCUT2D eigenvalue weighted by molar-refractivity contribution is 0.0775. The molecule has 0 aliphatic rings. The number of halogens is 1. The zero-order valence-electron chi connectivity index (χ0n) is 7.73. The summed E-state index contributed by atoms with van der Waals surface area (Å²) in [5, 5.41) is 8.65. The SMILES string of the molecule is Cc1c(C(=O)OBr)ncn1CCCO. The number of carbonyl (C=O) groups is 1. The predicted octanol–water partition coefficient (Wildman–Crippen LogP) is 1.04. The highest BCUT2D eigenvalue weighted by Gasteiger charge is 2.15. The van der Waals surface area contributed by atoms with E-state index in [-0.39, 0.29) is 6.61 Å². The van der Waals surface area contributed by atoms with Crippen LogP contribution < -0.4 is 0 Å². The van der Waals surface area contributed by atoms with E-state index in [1.807, 2.05) is 0 Å². The molecule has 6 heteroatoms. The van der Waals surface area contributed by atoms with Crippen molar-refractivity contribution in [1.29, 1.82) is 0 Å². The largest absolute Gasteiger partial charge is 0.396 e. The second kappa shape index (κ2) is 5.11. The van der Waals surface area contributed by atoms with Gasteiger partial charge in [-0.05, 0) is 13.3 Å². The van der Waals surface area contributed by atoms with Crippen molar-refractivity contribution < 1.29 is 13.7 Å². The van der Waals surface area contributed by atoms with Gasteiger partial charge in [-0.25, -0.2) is 9.78 Å². The third-order valence-electron chi connectivity index (χ3n) is 1.92. The summed E-state index contributed by atoms with van der Waals surface area (Å²) in [5.74, 6) is -0.509. The van der Waals surface area contributed by atoms with Crippen molar-refractivity contribution in [2.45, 2.75) is 19.9 Å². The Balaban J connectivity index is 2.80. The number of rotatable bonds is 4. The average molecular weight is 263 g/mol. The molecule has 14 heavy (non-hydrogen) atoms. The Hall–Kier alpha value is -0.880. The number of nitrogens with zero attached hydrogens (tertiary/aromatic N) is 2. The third-order valence-corrected chi connectivity index (χ3v) is 2.21. The van der Waals surface area contributed by atoms with Crippen molar-refractivity contribution >= 4 is 22.2 Å². The van der Waals surface area contributed by atoms with Crippen LogP contribution in [0.15, 0.2) is 6.33 Å². The Labute approximate surface area is 90.2 Å². The summed E-state index contributed by atoms with van der Waals surface area (Å²) in [6, 6.07) is 0. The van der Waals surface area contributed by atoms with Crippen molar-refractivity contribution in [3.63, 3.8) is 0 Å². The molecule has 0 atom stereocenters. The molecule has 1 heterocycles. The minimum absolute atomic E-state index is 0.121. The molecule has 0 amide bonds. The monoisotopic (exact) mass is 262 g/mol. The number of imidazole rings is 1. The van der Waals surface area contributed by atoms with Crippen LogP contribution in [0.1, 0.15) is 22.6 Å². The van der Waals surface area contributed by atoms with E-state index in [1.54, 1.807) is 17.8 Å². The number of aryl methyl sites for hydroxylation is 1. The number of carbonyl (C=O) groups excluding carboxylic acids is 1. The molecule has 0 saturated carbocycles. The van der Waals surface area contributed by atoms with Crippen LogP contribution in [0.2, 0.25) is 0 Å². The first-order valence-corrected chi connectivity index (χ1v) is 4.81. The molecule has 5 nitrogen and oxygen atoms in total. The van der Waals surface area contributed by atoms with E-state index >= 15 is 0 Å². The van der Waals surface area contributed by atoms with E-state index in [2.05, 4.69) is 25.1 Å². The molecule has 1 aromatic rings. The van der Waals surface area contributed by atoms with Crippen LogP contribution >= 0.6 is 16.3 Å². The molecule has 1 N–H and O–H groups in total. The number of hydrogen-bond donors (Lipinski definition) is 1. The number of aliphatic hydroxyl groups excluding tert-OH is 1. The quantitative estimate of drug-likeness (QED) is 0.881. The minimum atomic E-state index is -0.509. The van der Waals surface area contributed by atoms with Gasteiger partial charge in [0.1, 0.15) is 0 Å². The van der Waals surface area contributed by atoms with Gasteiger partial charge < -0.3 is 13.5 Å². The zero-order valence-corrected chi connectivity index (χ0v) is 9.32. The smallest absolute Gasteiger partial charge is 0.370 e. The molecule has 0 saturated heterocycles. The van der Waals surface area contributed by atoms with Crippen LogP contribution in [-0.4, -0.2) is 27.2 Å². The Kier molecular flexibility index (Phi) is 4.09. The average Bonchev–Trinajstić information content (AvgIpc) is 2.56. The third kappa shape index (κ3) is 2.33. The predicted molar refractivity (Wildman–Crippen MR) is 53.0 cm³/mol. The molecule has 0 aromatic carbocycles. The van der Waals surface area contributed by atoms with Crippen molar-refractivity contribution in [2.24, 2.45) is 0 Å². The molecular formula is C8H11BrN2O3. The summed E-state index contributed by atoms with van der Waals surface area (Å²) in [6.45, 7) is 2.55. The van der Waals surface area contributed by atoms with Gasteiger partial charge in [-0.1, -0.05) is 0 Å². The van der Waals surface area contributed by atoms with E-state index in [4.69, 9.17) is 5.11 Å². The Bertz CT molecular complexity index is 324. The molecule has 0 aliphatic carbocycles. The van der Waals surface area contributed by atoms with Gasteiger partial charge in [-0.15, -0.1) is 0 Å². The van der Waals surface area contributed by atoms with Gasteiger partial charge in [0.25, 0.3) is 0 Å². The zero-order chi connectivity index (χ0) is 10.6. The summed E-state index contributed by atoms with van der Waals surface area (Å²) >= 11 is 2.61. The molecular weight excluding hydrogens is 252 g/mol. The number of aliphatic hydroxyl groups is 1. The van der Waals surface area contributed by atoms with Crippen molar-refractivity contribution in [3.05, 3.63) is 17.7 Å². The second-order valence-electron chi connectivity index (χ2n) is 2.81. The van der Waals surface area contributed by atoms with E-state index in [0.717, 1.165) is 5.69 Å². The van der Waals surface area contributed by atoms with Gasteiger partial charge in [0, 0.05) is 18.8 Å². The van der Waals surface area contributed by atoms with Crippen LogP contribution in [-0.2, 0) is 10.4 Å². The topological polar surface area (TPSA) is 64.3 Å². The Morgan fingerprint density at radius 1 is 1.79 bits per heavy atom. The summed E-state index contributed by atoms with van der Waals surface area (Å²) in [4.78, 5) is 15.0. The van der Waals surface area contributed by atoms with Crippen LogP contribution in [0, 0.1) is 6.92 Å². The van der Waals surface area contributed by atoms with Crippen LogP contribution in [0.3, 0.4) is 0 Å². The number of hydrogen-bond acceptors (Lipinski definition) is 4. The standard InChI is InChI=1S/C8H11BrN2O3/c1-6-7(8(13)14-9)10-5-11(6)3-2-4-12/h5,12H,2-4H2,1H3. The summed E-state index contributed by atoms with van der Waals surface area (Å²) < 4.78 is 6.18. The van der Waals surface area contributed by atoms with Gasteiger partial charge in [-0.3, -0.25) is 0 Å². The van der Waals surface area contributed by atoms with Gasteiger partial charge in [0.15, 0.2) is 22.0 Å². The molecule has 0 unspecified atom stereocenters. The maximum Gasteiger partial charge on any atom is 0.370 e. The normalized spacial score (nSPS) is 10.2. The first-order chi connectivity index (χ1) is 6.70. The van der Waals surface area contributed by atoms with Gasteiger partial charge >= 0.3 is 5.97 Å². The van der Waals surface area contributed by atoms with Gasteiger partial charge in [0.05, 0.1) is 6.33 Å². The summed E-state index contributed by atoms with van der Waals surface area (Å²) in [7, 11) is 0.